The third-order valence-electron chi connectivity index (χ3n) is 4.27. The van der Waals surface area contributed by atoms with E-state index in [-0.39, 0.29) is 5.82 Å². The number of carboxylic acids is 1. The number of fused-ring (bicyclic) bond motifs is 2. The zero-order valence-electron chi connectivity index (χ0n) is 14.3. The molecule has 0 spiro atoms. The summed E-state index contributed by atoms with van der Waals surface area (Å²) in [6, 6.07) is 4.37. The van der Waals surface area contributed by atoms with Gasteiger partial charge in [-0.15, -0.1) is 0 Å². The van der Waals surface area contributed by atoms with Crippen LogP contribution in [0.4, 0.5) is 32.2 Å². The molecule has 0 amide bonds. The minimum atomic E-state index is -5.08. The summed E-state index contributed by atoms with van der Waals surface area (Å²) in [4.78, 5) is 18.8. The molecule has 2 aromatic heterocycles. The lowest BCUT2D eigenvalue weighted by molar-refractivity contribution is -0.192. The molecule has 14 heteroatoms. The quantitative estimate of drug-likeness (QED) is 0.707. The lowest BCUT2D eigenvalue weighted by Crippen LogP contribution is -2.43. The molecule has 2 atom stereocenters. The lowest BCUT2D eigenvalue weighted by atomic mass is 10.2. The van der Waals surface area contributed by atoms with Crippen molar-refractivity contribution in [3.8, 4) is 11.4 Å². The SMILES string of the molecule is FC(F)(F)c1nc(-c2ccc(N3CC4CC3CN4)nc2)no1.O=C(O)C(F)(F)F. The lowest BCUT2D eigenvalue weighted by Gasteiger charge is -2.28. The number of aromatic nitrogens is 3. The molecule has 2 saturated heterocycles. The summed E-state index contributed by atoms with van der Waals surface area (Å²) in [6.45, 7) is 1.84. The number of carboxylic acid groups (broad SMARTS) is 1. The minimum absolute atomic E-state index is 0.115. The highest BCUT2D eigenvalue weighted by molar-refractivity contribution is 5.73. The van der Waals surface area contributed by atoms with Crippen molar-refractivity contribution in [3.05, 3.63) is 24.2 Å². The average molecular weight is 425 g/mol. The van der Waals surface area contributed by atoms with Crippen LogP contribution in [-0.4, -0.2) is 57.5 Å². The van der Waals surface area contributed by atoms with E-state index >= 15 is 0 Å². The van der Waals surface area contributed by atoms with Crippen LogP contribution in [0.25, 0.3) is 11.4 Å². The van der Waals surface area contributed by atoms with Gasteiger partial charge in [0.15, 0.2) is 0 Å². The van der Waals surface area contributed by atoms with Crippen LogP contribution in [0.15, 0.2) is 22.9 Å². The molecule has 0 saturated carbocycles. The van der Waals surface area contributed by atoms with Gasteiger partial charge in [0.1, 0.15) is 5.82 Å². The van der Waals surface area contributed by atoms with Gasteiger partial charge < -0.3 is 19.8 Å². The van der Waals surface area contributed by atoms with Crippen molar-refractivity contribution in [2.75, 3.05) is 18.0 Å². The molecular formula is C15H13F6N5O3. The van der Waals surface area contributed by atoms with Crippen LogP contribution >= 0.6 is 0 Å². The van der Waals surface area contributed by atoms with Gasteiger partial charge >= 0.3 is 24.2 Å². The number of pyridine rings is 1. The normalized spacial score (nSPS) is 21.1. The van der Waals surface area contributed by atoms with E-state index < -0.39 is 24.2 Å². The third kappa shape index (κ3) is 4.75. The van der Waals surface area contributed by atoms with Gasteiger partial charge in [-0.25, -0.2) is 9.78 Å². The Morgan fingerprint density at radius 2 is 1.93 bits per heavy atom. The number of carbonyl (C=O) groups is 1. The Morgan fingerprint density at radius 3 is 2.34 bits per heavy atom. The number of anilines is 1. The maximum atomic E-state index is 12.4. The summed E-state index contributed by atoms with van der Waals surface area (Å²) in [5, 5.41) is 13.9. The Balaban J connectivity index is 0.000000298. The van der Waals surface area contributed by atoms with Crippen LogP contribution in [0.5, 0.6) is 0 Å². The molecule has 8 nitrogen and oxygen atoms in total. The number of hydrogen-bond donors (Lipinski definition) is 2. The van der Waals surface area contributed by atoms with Crippen molar-refractivity contribution in [1.82, 2.24) is 20.4 Å². The Morgan fingerprint density at radius 1 is 1.24 bits per heavy atom. The molecule has 2 unspecified atom stereocenters. The largest absolute Gasteiger partial charge is 0.490 e. The summed E-state index contributed by atoms with van der Waals surface area (Å²) in [5.41, 5.74) is 0.394. The topological polar surface area (TPSA) is 104 Å². The first-order valence-corrected chi connectivity index (χ1v) is 8.12. The van der Waals surface area contributed by atoms with Gasteiger partial charge in [-0.2, -0.15) is 31.3 Å². The summed E-state index contributed by atoms with van der Waals surface area (Å²) in [7, 11) is 0. The first kappa shape index (κ1) is 20.8. The van der Waals surface area contributed by atoms with Gasteiger partial charge in [-0.1, -0.05) is 5.16 Å². The molecule has 158 valence electrons. The number of rotatable bonds is 2. The molecule has 4 rings (SSSR count). The first-order valence-electron chi connectivity index (χ1n) is 8.12. The Labute approximate surface area is 158 Å². The molecule has 4 heterocycles. The second-order valence-electron chi connectivity index (χ2n) is 6.28. The van der Waals surface area contributed by atoms with E-state index in [1.807, 2.05) is 0 Å². The number of piperazine rings is 1. The molecular weight excluding hydrogens is 412 g/mol. The number of halogens is 6. The molecule has 2 bridgehead atoms. The van der Waals surface area contributed by atoms with E-state index in [9.17, 15) is 26.3 Å². The molecule has 29 heavy (non-hydrogen) atoms. The maximum absolute atomic E-state index is 12.4. The van der Waals surface area contributed by atoms with Gasteiger partial charge in [-0.05, 0) is 18.6 Å². The molecule has 2 aromatic rings. The van der Waals surface area contributed by atoms with Crippen LogP contribution in [0.3, 0.4) is 0 Å². The van der Waals surface area contributed by atoms with Crippen molar-refractivity contribution in [2.24, 2.45) is 0 Å². The number of hydrogen-bond acceptors (Lipinski definition) is 7. The van der Waals surface area contributed by atoms with Gasteiger partial charge in [0, 0.05) is 36.9 Å². The zero-order chi connectivity index (χ0) is 21.4. The van der Waals surface area contributed by atoms with E-state index in [0.29, 0.717) is 17.6 Å². The summed E-state index contributed by atoms with van der Waals surface area (Å²) in [5.74, 6) is -3.41. The highest BCUT2D eigenvalue weighted by Gasteiger charge is 2.40. The number of nitrogens with zero attached hydrogens (tertiary/aromatic N) is 4. The molecule has 0 radical (unpaired) electrons. The molecule has 2 fully saturated rings. The molecule has 2 aliphatic heterocycles. The number of alkyl halides is 6. The van der Waals surface area contributed by atoms with E-state index in [4.69, 9.17) is 9.90 Å². The van der Waals surface area contributed by atoms with Crippen LogP contribution in [0.2, 0.25) is 0 Å². The Kier molecular flexibility index (Phi) is 5.38. The van der Waals surface area contributed by atoms with Crippen molar-refractivity contribution >= 4 is 11.8 Å². The van der Waals surface area contributed by atoms with E-state index in [1.54, 1.807) is 12.1 Å². The molecule has 0 aliphatic carbocycles. The predicted molar refractivity (Wildman–Crippen MR) is 83.8 cm³/mol. The van der Waals surface area contributed by atoms with Crippen LogP contribution < -0.4 is 10.2 Å². The summed E-state index contributed by atoms with van der Waals surface area (Å²) in [6.07, 6.45) is -7.15. The maximum Gasteiger partial charge on any atom is 0.490 e. The van der Waals surface area contributed by atoms with Crippen molar-refractivity contribution in [1.29, 1.82) is 0 Å². The molecule has 0 aromatic carbocycles. The van der Waals surface area contributed by atoms with Gasteiger partial charge in [0.2, 0.25) is 5.82 Å². The Bertz CT molecular complexity index is 867. The third-order valence-corrected chi connectivity index (χ3v) is 4.27. The fourth-order valence-electron chi connectivity index (χ4n) is 2.99. The monoisotopic (exact) mass is 425 g/mol. The van der Waals surface area contributed by atoms with Crippen LogP contribution in [0, 0.1) is 0 Å². The number of nitrogens with one attached hydrogen (secondary N) is 1. The van der Waals surface area contributed by atoms with Crippen molar-refractivity contribution < 1.29 is 40.8 Å². The van der Waals surface area contributed by atoms with Crippen molar-refractivity contribution in [3.63, 3.8) is 0 Å². The minimum Gasteiger partial charge on any atom is -0.475 e. The highest BCUT2D eigenvalue weighted by Crippen LogP contribution is 2.31. The standard InChI is InChI=1S/C13H12F3N5O.C2HF3O2/c14-13(15,16)12-19-11(20-22-12)7-1-2-10(18-4-7)21-6-8-3-9(21)5-17-8;3-2(4,5)1(6)7/h1-2,4,8-9,17H,3,5-6H2;(H,6,7). The smallest absolute Gasteiger partial charge is 0.475 e. The zero-order valence-corrected chi connectivity index (χ0v) is 14.3. The van der Waals surface area contributed by atoms with E-state index in [2.05, 4.69) is 29.9 Å². The molecule has 2 N–H and O–H groups in total. The van der Waals surface area contributed by atoms with Gasteiger partial charge in [-0.3, -0.25) is 0 Å². The predicted octanol–water partition coefficient (Wildman–Crippen LogP) is 2.33. The molecule has 2 aliphatic rings. The number of aliphatic carboxylic acids is 1. The average Bonchev–Trinajstić information content (AvgIpc) is 3.37. The van der Waals surface area contributed by atoms with Gasteiger partial charge in [0.25, 0.3) is 0 Å². The van der Waals surface area contributed by atoms with Crippen LogP contribution in [0.1, 0.15) is 12.3 Å². The fraction of sp³-hybridized carbons (Fsp3) is 0.467. The van der Waals surface area contributed by atoms with E-state index in [1.165, 1.54) is 6.20 Å². The van der Waals surface area contributed by atoms with Gasteiger partial charge in [0.05, 0.1) is 0 Å². The fourth-order valence-corrected chi connectivity index (χ4v) is 2.99. The first-order chi connectivity index (χ1) is 13.4. The summed E-state index contributed by atoms with van der Waals surface area (Å²) >= 11 is 0. The second kappa shape index (κ2) is 7.50. The highest BCUT2D eigenvalue weighted by atomic mass is 19.4. The second-order valence-corrected chi connectivity index (χ2v) is 6.28. The van der Waals surface area contributed by atoms with E-state index in [0.717, 1.165) is 25.3 Å². The van der Waals surface area contributed by atoms with Crippen molar-refractivity contribution in [2.45, 2.75) is 30.9 Å². The van der Waals surface area contributed by atoms with Crippen LogP contribution in [-0.2, 0) is 11.0 Å². The Hall–Kier alpha value is -2.90. The summed E-state index contributed by atoms with van der Waals surface area (Å²) < 4.78 is 73.3.